The quantitative estimate of drug-likeness (QED) is 0.758. The summed E-state index contributed by atoms with van der Waals surface area (Å²) in [7, 11) is -1.11. The molecule has 4 heteroatoms. The molecule has 0 saturated carbocycles. The van der Waals surface area contributed by atoms with Crippen molar-refractivity contribution in [3.05, 3.63) is 24.3 Å². The van der Waals surface area contributed by atoms with Crippen molar-refractivity contribution in [3.63, 3.8) is 0 Å². The Morgan fingerprint density at radius 3 is 2.85 bits per heavy atom. The van der Waals surface area contributed by atoms with E-state index in [4.69, 9.17) is 10.8 Å². The Labute approximate surface area is 80.0 Å². The van der Waals surface area contributed by atoms with Gasteiger partial charge in [-0.25, -0.2) is 0 Å². The fourth-order valence-corrected chi connectivity index (χ4v) is 2.11. The van der Waals surface area contributed by atoms with Gasteiger partial charge in [-0.05, 0) is 25.1 Å². The summed E-state index contributed by atoms with van der Waals surface area (Å²) in [6, 6.07) is 6.34. The largest absolute Gasteiger partial charge is 0.508 e. The molecule has 0 aromatic heterocycles. The van der Waals surface area contributed by atoms with Crippen LogP contribution in [0.2, 0.25) is 0 Å². The lowest BCUT2D eigenvalue weighted by atomic mass is 10.3. The van der Waals surface area contributed by atoms with E-state index < -0.39 is 10.8 Å². The maximum absolute atomic E-state index is 11.5. The highest BCUT2D eigenvalue weighted by Crippen LogP contribution is 2.14. The van der Waals surface area contributed by atoms with E-state index >= 15 is 0 Å². The number of benzene rings is 1. The maximum Gasteiger partial charge on any atom is 0.116 e. The van der Waals surface area contributed by atoms with E-state index in [0.29, 0.717) is 10.6 Å². The van der Waals surface area contributed by atoms with Gasteiger partial charge in [-0.1, -0.05) is 6.07 Å². The molecule has 2 unspecified atom stereocenters. The third kappa shape index (κ3) is 3.16. The van der Waals surface area contributed by atoms with Crippen LogP contribution in [0.4, 0.5) is 0 Å². The first-order chi connectivity index (χ1) is 6.09. The number of rotatable bonds is 3. The average Bonchev–Trinajstić information content (AvgIpc) is 2.03. The molecule has 0 aliphatic rings. The van der Waals surface area contributed by atoms with Gasteiger partial charge in [0.05, 0.1) is 10.8 Å². The van der Waals surface area contributed by atoms with Crippen molar-refractivity contribution < 1.29 is 9.32 Å². The topological polar surface area (TPSA) is 63.3 Å². The van der Waals surface area contributed by atoms with Gasteiger partial charge in [0.25, 0.3) is 0 Å². The van der Waals surface area contributed by atoms with Crippen molar-refractivity contribution in [2.75, 3.05) is 5.75 Å². The van der Waals surface area contributed by atoms with Crippen LogP contribution in [0.3, 0.4) is 0 Å². The molecule has 1 aromatic carbocycles. The minimum Gasteiger partial charge on any atom is -0.508 e. The van der Waals surface area contributed by atoms with Gasteiger partial charge in [0.2, 0.25) is 0 Å². The lowest BCUT2D eigenvalue weighted by Gasteiger charge is -2.05. The molecule has 0 radical (unpaired) electrons. The van der Waals surface area contributed by atoms with Crippen molar-refractivity contribution in [1.82, 2.24) is 0 Å². The van der Waals surface area contributed by atoms with Gasteiger partial charge in [0.15, 0.2) is 0 Å². The van der Waals surface area contributed by atoms with Crippen LogP contribution >= 0.6 is 0 Å². The SMILES string of the molecule is CC(N)CS(=O)c1cccc(O)c1. The van der Waals surface area contributed by atoms with Gasteiger partial charge in [-0.15, -0.1) is 0 Å². The summed E-state index contributed by atoms with van der Waals surface area (Å²) in [6.45, 7) is 1.81. The van der Waals surface area contributed by atoms with Crippen LogP contribution in [0.1, 0.15) is 6.92 Å². The molecule has 2 atom stereocenters. The molecule has 3 nitrogen and oxygen atoms in total. The fourth-order valence-electron chi connectivity index (χ4n) is 0.960. The molecule has 1 aromatic rings. The Kier molecular flexibility index (Phi) is 3.45. The lowest BCUT2D eigenvalue weighted by Crippen LogP contribution is -2.22. The average molecular weight is 199 g/mol. The summed E-state index contributed by atoms with van der Waals surface area (Å²) >= 11 is 0. The molecule has 1 rings (SSSR count). The second-order valence-electron chi connectivity index (χ2n) is 2.99. The molecule has 72 valence electrons. The summed E-state index contributed by atoms with van der Waals surface area (Å²) in [5, 5.41) is 9.13. The highest BCUT2D eigenvalue weighted by Gasteiger charge is 2.06. The summed E-state index contributed by atoms with van der Waals surface area (Å²) < 4.78 is 11.5. The molecule has 0 aliphatic heterocycles. The Hall–Kier alpha value is -0.870. The third-order valence-electron chi connectivity index (χ3n) is 1.49. The molecular formula is C9H13NO2S. The van der Waals surface area contributed by atoms with Crippen molar-refractivity contribution in [1.29, 1.82) is 0 Å². The number of nitrogens with two attached hydrogens (primary N) is 1. The van der Waals surface area contributed by atoms with Gasteiger partial charge in [0.1, 0.15) is 5.75 Å². The molecule has 0 saturated heterocycles. The zero-order valence-electron chi connectivity index (χ0n) is 7.43. The van der Waals surface area contributed by atoms with Crippen LogP contribution in [-0.4, -0.2) is 21.1 Å². The molecule has 3 N–H and O–H groups in total. The van der Waals surface area contributed by atoms with Gasteiger partial charge in [0, 0.05) is 16.7 Å². The number of aromatic hydroxyl groups is 1. The number of phenolic OH excluding ortho intramolecular Hbond substituents is 1. The monoisotopic (exact) mass is 199 g/mol. The highest BCUT2D eigenvalue weighted by molar-refractivity contribution is 7.85. The Morgan fingerprint density at radius 2 is 2.31 bits per heavy atom. The number of hydrogen-bond donors (Lipinski definition) is 2. The van der Waals surface area contributed by atoms with E-state index in [-0.39, 0.29) is 11.8 Å². The normalized spacial score (nSPS) is 15.2. The zero-order valence-corrected chi connectivity index (χ0v) is 8.25. The Balaban J connectivity index is 2.77. The van der Waals surface area contributed by atoms with E-state index in [2.05, 4.69) is 0 Å². The lowest BCUT2D eigenvalue weighted by molar-refractivity contribution is 0.473. The van der Waals surface area contributed by atoms with E-state index in [1.807, 2.05) is 0 Å². The molecule has 0 spiro atoms. The number of hydrogen-bond acceptors (Lipinski definition) is 3. The van der Waals surface area contributed by atoms with Crippen LogP contribution in [-0.2, 0) is 10.8 Å². The molecule has 0 aliphatic carbocycles. The van der Waals surface area contributed by atoms with Crippen molar-refractivity contribution >= 4 is 10.8 Å². The first-order valence-corrected chi connectivity index (χ1v) is 5.34. The van der Waals surface area contributed by atoms with Crippen molar-refractivity contribution in [3.8, 4) is 5.75 Å². The molecule has 13 heavy (non-hydrogen) atoms. The van der Waals surface area contributed by atoms with Crippen molar-refractivity contribution in [2.45, 2.75) is 17.9 Å². The Bertz CT molecular complexity index is 312. The van der Waals surface area contributed by atoms with E-state index in [9.17, 15) is 4.21 Å². The first kappa shape index (κ1) is 10.2. The molecular weight excluding hydrogens is 186 g/mol. The summed E-state index contributed by atoms with van der Waals surface area (Å²) in [5.74, 6) is 0.555. The van der Waals surface area contributed by atoms with Gasteiger partial charge < -0.3 is 10.8 Å². The summed E-state index contributed by atoms with van der Waals surface area (Å²) in [5.41, 5.74) is 5.51. The Morgan fingerprint density at radius 1 is 1.62 bits per heavy atom. The fraction of sp³-hybridized carbons (Fsp3) is 0.333. The molecule has 0 fully saturated rings. The van der Waals surface area contributed by atoms with Crippen LogP contribution in [0.25, 0.3) is 0 Å². The smallest absolute Gasteiger partial charge is 0.116 e. The predicted molar refractivity (Wildman–Crippen MR) is 53.0 cm³/mol. The van der Waals surface area contributed by atoms with Crippen LogP contribution < -0.4 is 5.73 Å². The molecule has 0 bridgehead atoms. The second-order valence-corrected chi connectivity index (χ2v) is 4.48. The second kappa shape index (κ2) is 4.39. The van der Waals surface area contributed by atoms with Gasteiger partial charge in [-0.3, -0.25) is 4.21 Å². The van der Waals surface area contributed by atoms with Gasteiger partial charge >= 0.3 is 0 Å². The van der Waals surface area contributed by atoms with E-state index in [0.717, 1.165) is 0 Å². The zero-order chi connectivity index (χ0) is 9.84. The van der Waals surface area contributed by atoms with Crippen LogP contribution in [0.15, 0.2) is 29.2 Å². The van der Waals surface area contributed by atoms with Crippen molar-refractivity contribution in [2.24, 2.45) is 5.73 Å². The standard InChI is InChI=1S/C9H13NO2S/c1-7(10)6-13(12)9-4-2-3-8(11)5-9/h2-5,7,11H,6,10H2,1H3. The molecule has 0 amide bonds. The van der Waals surface area contributed by atoms with E-state index in [1.54, 1.807) is 25.1 Å². The number of phenols is 1. The van der Waals surface area contributed by atoms with E-state index in [1.165, 1.54) is 6.07 Å². The van der Waals surface area contributed by atoms with Gasteiger partial charge in [-0.2, -0.15) is 0 Å². The maximum atomic E-state index is 11.5. The summed E-state index contributed by atoms with van der Waals surface area (Å²) in [4.78, 5) is 0.623. The predicted octanol–water partition coefficient (Wildman–Crippen LogP) is 0.847. The van der Waals surface area contributed by atoms with Crippen LogP contribution in [0, 0.1) is 0 Å². The third-order valence-corrected chi connectivity index (χ3v) is 3.10. The highest BCUT2D eigenvalue weighted by atomic mass is 32.2. The first-order valence-electron chi connectivity index (χ1n) is 4.02. The minimum absolute atomic E-state index is 0.0943. The van der Waals surface area contributed by atoms with Crippen LogP contribution in [0.5, 0.6) is 5.75 Å². The molecule has 0 heterocycles. The minimum atomic E-state index is -1.11. The summed E-state index contributed by atoms with van der Waals surface area (Å²) in [6.07, 6.45) is 0.